The highest BCUT2D eigenvalue weighted by Crippen LogP contribution is 2.55. The molecule has 28 heavy (non-hydrogen) atoms. The lowest BCUT2D eigenvalue weighted by Gasteiger charge is -2.69. The maximum Gasteiger partial charge on any atom is 0.256 e. The van der Waals surface area contributed by atoms with Crippen LogP contribution in [0.1, 0.15) is 21.8 Å². The number of aliphatic hydroxyl groups excluding tert-OH is 1. The summed E-state index contributed by atoms with van der Waals surface area (Å²) in [7, 11) is -3.60. The molecule has 1 N–H and O–H groups in total. The average molecular weight is 404 g/mol. The second-order valence-electron chi connectivity index (χ2n) is 7.44. The number of sulfonamides is 1. The van der Waals surface area contributed by atoms with Crippen LogP contribution in [-0.2, 0) is 10.0 Å². The van der Waals surface area contributed by atoms with Crippen LogP contribution >= 0.6 is 0 Å². The van der Waals surface area contributed by atoms with Crippen molar-refractivity contribution in [2.24, 2.45) is 0 Å². The zero-order valence-corrected chi connectivity index (χ0v) is 16.1. The Bertz CT molecular complexity index is 1010. The van der Waals surface area contributed by atoms with E-state index in [0.717, 1.165) is 11.8 Å². The minimum Gasteiger partial charge on any atom is -0.395 e. The molecule has 6 nitrogen and oxygen atoms in total. The molecule has 2 saturated heterocycles. The number of hydrogen-bond donors (Lipinski definition) is 1. The molecule has 2 aliphatic rings. The summed E-state index contributed by atoms with van der Waals surface area (Å²) in [5.41, 5.74) is 0.0699. The molecule has 0 radical (unpaired) electrons. The quantitative estimate of drug-likeness (QED) is 0.837. The zero-order valence-electron chi connectivity index (χ0n) is 15.3. The molecule has 4 rings (SSSR count). The second kappa shape index (κ2) is 6.65. The molecule has 1 amide bonds. The molecule has 1 spiro atoms. The van der Waals surface area contributed by atoms with Crippen molar-refractivity contribution < 1.29 is 22.7 Å². The predicted octanol–water partition coefficient (Wildman–Crippen LogP) is 1.44. The summed E-state index contributed by atoms with van der Waals surface area (Å²) in [6.45, 7) is 0.00222. The van der Waals surface area contributed by atoms with Crippen molar-refractivity contribution >= 4 is 15.9 Å². The van der Waals surface area contributed by atoms with Gasteiger partial charge in [0.05, 0.1) is 30.0 Å². The first kappa shape index (κ1) is 19.0. The SMILES string of the molecule is CS(=O)(=O)N1[C@H](CO)[C@@H](c2ccccc2)C12CN(C(=O)c1ccccc1F)C2. The van der Waals surface area contributed by atoms with E-state index < -0.39 is 33.3 Å². The van der Waals surface area contributed by atoms with E-state index in [-0.39, 0.29) is 31.2 Å². The molecule has 0 aliphatic carbocycles. The number of aliphatic hydroxyl groups is 1. The van der Waals surface area contributed by atoms with Crippen LogP contribution < -0.4 is 0 Å². The van der Waals surface area contributed by atoms with E-state index in [1.165, 1.54) is 27.4 Å². The van der Waals surface area contributed by atoms with Gasteiger partial charge in [-0.15, -0.1) is 0 Å². The van der Waals surface area contributed by atoms with Gasteiger partial charge in [-0.2, -0.15) is 4.31 Å². The second-order valence-corrected chi connectivity index (χ2v) is 9.30. The fourth-order valence-corrected chi connectivity index (χ4v) is 6.30. The molecule has 0 saturated carbocycles. The third-order valence-electron chi connectivity index (χ3n) is 5.73. The number of hydrogen-bond acceptors (Lipinski definition) is 4. The van der Waals surface area contributed by atoms with Crippen molar-refractivity contribution in [2.45, 2.75) is 17.5 Å². The summed E-state index contributed by atoms with van der Waals surface area (Å²) in [5.74, 6) is -1.30. The first-order valence-electron chi connectivity index (χ1n) is 8.99. The van der Waals surface area contributed by atoms with Gasteiger partial charge in [-0.05, 0) is 17.7 Å². The van der Waals surface area contributed by atoms with Crippen LogP contribution in [0.3, 0.4) is 0 Å². The molecule has 2 aliphatic heterocycles. The number of carbonyl (C=O) groups excluding carboxylic acids is 1. The number of halogens is 1. The Hall–Kier alpha value is -2.29. The molecule has 8 heteroatoms. The Morgan fingerprint density at radius 1 is 1.14 bits per heavy atom. The first-order valence-corrected chi connectivity index (χ1v) is 10.8. The highest BCUT2D eigenvalue weighted by Gasteiger charge is 2.69. The minimum atomic E-state index is -3.60. The molecule has 2 fully saturated rings. The predicted molar refractivity (Wildman–Crippen MR) is 102 cm³/mol. The third kappa shape index (κ3) is 2.75. The van der Waals surface area contributed by atoms with Crippen LogP contribution in [0.2, 0.25) is 0 Å². The Kier molecular flexibility index (Phi) is 4.52. The number of likely N-dealkylation sites (tertiary alicyclic amines) is 1. The van der Waals surface area contributed by atoms with Crippen LogP contribution in [-0.4, -0.2) is 66.2 Å². The van der Waals surface area contributed by atoms with Crippen LogP contribution in [0.15, 0.2) is 54.6 Å². The Morgan fingerprint density at radius 3 is 2.32 bits per heavy atom. The lowest BCUT2D eigenvalue weighted by atomic mass is 9.62. The van der Waals surface area contributed by atoms with Gasteiger partial charge in [0.1, 0.15) is 5.82 Å². The van der Waals surface area contributed by atoms with Crippen LogP contribution in [0.25, 0.3) is 0 Å². The van der Waals surface area contributed by atoms with Gasteiger partial charge in [0, 0.05) is 19.0 Å². The lowest BCUT2D eigenvalue weighted by Crippen LogP contribution is -2.85. The van der Waals surface area contributed by atoms with Crippen molar-refractivity contribution in [3.63, 3.8) is 0 Å². The molecule has 2 heterocycles. The normalized spacial score (nSPS) is 23.9. The number of benzene rings is 2. The van der Waals surface area contributed by atoms with Gasteiger partial charge in [-0.3, -0.25) is 4.79 Å². The highest BCUT2D eigenvalue weighted by molar-refractivity contribution is 7.88. The topological polar surface area (TPSA) is 77.9 Å². The molecular formula is C20H21FN2O4S. The van der Waals surface area contributed by atoms with E-state index in [4.69, 9.17) is 0 Å². The monoisotopic (exact) mass is 404 g/mol. The summed E-state index contributed by atoms with van der Waals surface area (Å²) in [6, 6.07) is 14.6. The Morgan fingerprint density at radius 2 is 1.75 bits per heavy atom. The maximum atomic E-state index is 14.0. The Labute approximate surface area is 163 Å². The van der Waals surface area contributed by atoms with E-state index in [2.05, 4.69) is 0 Å². The molecule has 2 aromatic carbocycles. The molecule has 2 aromatic rings. The maximum absolute atomic E-state index is 14.0. The van der Waals surface area contributed by atoms with Gasteiger partial charge >= 0.3 is 0 Å². The summed E-state index contributed by atoms with van der Waals surface area (Å²) in [5, 5.41) is 9.86. The zero-order chi connectivity index (χ0) is 20.1. The smallest absolute Gasteiger partial charge is 0.256 e. The average Bonchev–Trinajstić information content (AvgIpc) is 2.60. The van der Waals surface area contributed by atoms with Crippen molar-refractivity contribution in [1.29, 1.82) is 0 Å². The minimum absolute atomic E-state index is 0.0300. The molecule has 0 bridgehead atoms. The van der Waals surface area contributed by atoms with E-state index in [9.17, 15) is 22.7 Å². The summed E-state index contributed by atoms with van der Waals surface area (Å²) in [4.78, 5) is 14.2. The first-order chi connectivity index (χ1) is 13.3. The fourth-order valence-electron chi connectivity index (χ4n) is 4.73. The van der Waals surface area contributed by atoms with Crippen molar-refractivity contribution in [3.05, 3.63) is 71.5 Å². The van der Waals surface area contributed by atoms with Crippen molar-refractivity contribution in [2.75, 3.05) is 26.0 Å². The van der Waals surface area contributed by atoms with E-state index >= 15 is 0 Å². The largest absolute Gasteiger partial charge is 0.395 e. The highest BCUT2D eigenvalue weighted by atomic mass is 32.2. The van der Waals surface area contributed by atoms with Crippen molar-refractivity contribution in [1.82, 2.24) is 9.21 Å². The molecule has 0 unspecified atom stereocenters. The van der Waals surface area contributed by atoms with Gasteiger partial charge in [0.2, 0.25) is 10.0 Å². The molecular weight excluding hydrogens is 383 g/mol. The number of nitrogens with zero attached hydrogens (tertiary/aromatic N) is 2. The van der Waals surface area contributed by atoms with Gasteiger partial charge in [-0.1, -0.05) is 42.5 Å². The summed E-state index contributed by atoms with van der Waals surface area (Å²) < 4.78 is 40.1. The van der Waals surface area contributed by atoms with Crippen LogP contribution in [0.5, 0.6) is 0 Å². The summed E-state index contributed by atoms with van der Waals surface area (Å²) >= 11 is 0. The molecule has 0 aromatic heterocycles. The van der Waals surface area contributed by atoms with Gasteiger partial charge in [0.25, 0.3) is 5.91 Å². The van der Waals surface area contributed by atoms with Crippen LogP contribution in [0, 0.1) is 5.82 Å². The van der Waals surface area contributed by atoms with E-state index in [1.54, 1.807) is 6.07 Å². The third-order valence-corrected chi connectivity index (χ3v) is 7.08. The van der Waals surface area contributed by atoms with E-state index in [1.807, 2.05) is 30.3 Å². The van der Waals surface area contributed by atoms with Crippen molar-refractivity contribution in [3.8, 4) is 0 Å². The Balaban J connectivity index is 1.66. The number of rotatable bonds is 4. The van der Waals surface area contributed by atoms with Crippen LogP contribution in [0.4, 0.5) is 4.39 Å². The van der Waals surface area contributed by atoms with Gasteiger partial charge in [-0.25, -0.2) is 12.8 Å². The lowest BCUT2D eigenvalue weighted by molar-refractivity contribution is -0.127. The standard InChI is InChI=1S/C20H21FN2O4S/c1-28(26,27)23-17(11-24)18(14-7-3-2-4-8-14)20(23)12-22(13-20)19(25)15-9-5-6-10-16(15)21/h2-10,17-18,24H,11-13H2,1H3/t17-,18-/m1/s1. The number of carbonyl (C=O) groups is 1. The summed E-state index contributed by atoms with van der Waals surface area (Å²) in [6.07, 6.45) is 1.11. The van der Waals surface area contributed by atoms with Gasteiger partial charge < -0.3 is 10.0 Å². The number of amides is 1. The molecule has 2 atom stereocenters. The molecule has 148 valence electrons. The van der Waals surface area contributed by atoms with Gasteiger partial charge in [0.15, 0.2) is 0 Å². The van der Waals surface area contributed by atoms with E-state index in [0.29, 0.717) is 0 Å². The fraction of sp³-hybridized carbons (Fsp3) is 0.350.